The van der Waals surface area contributed by atoms with Crippen LogP contribution in [0.5, 0.6) is 5.75 Å². The summed E-state index contributed by atoms with van der Waals surface area (Å²) in [6.07, 6.45) is 9.30. The maximum absolute atomic E-state index is 6.50. The van der Waals surface area contributed by atoms with Crippen LogP contribution in [-0.4, -0.2) is 5.60 Å². The minimum atomic E-state index is 0.146. The van der Waals surface area contributed by atoms with Gasteiger partial charge in [-0.3, -0.25) is 0 Å². The predicted molar refractivity (Wildman–Crippen MR) is 78.0 cm³/mol. The maximum Gasteiger partial charge on any atom is 0.124 e. The highest BCUT2D eigenvalue weighted by molar-refractivity contribution is 9.10. The van der Waals surface area contributed by atoms with E-state index < -0.39 is 0 Å². The van der Waals surface area contributed by atoms with Crippen molar-refractivity contribution >= 4 is 15.9 Å². The molecule has 0 heterocycles. The molecule has 2 bridgehead atoms. The van der Waals surface area contributed by atoms with Crippen LogP contribution in [0.25, 0.3) is 0 Å². The Bertz CT molecular complexity index is 431. The van der Waals surface area contributed by atoms with E-state index in [4.69, 9.17) is 4.74 Å². The fourth-order valence-corrected chi connectivity index (χ4v) is 4.05. The predicted octanol–water partition coefficient (Wildman–Crippen LogP) is 5.25. The molecule has 2 saturated carbocycles. The Kier molecular flexibility index (Phi) is 3.40. The van der Waals surface area contributed by atoms with Gasteiger partial charge in [-0.2, -0.15) is 0 Å². The molecule has 2 aliphatic rings. The molecule has 1 nitrogen and oxygen atoms in total. The number of halogens is 1. The van der Waals surface area contributed by atoms with Gasteiger partial charge in [-0.15, -0.1) is 0 Å². The average Bonchev–Trinajstić information content (AvgIpc) is 2.35. The van der Waals surface area contributed by atoms with Gasteiger partial charge < -0.3 is 4.74 Å². The second kappa shape index (κ2) is 4.88. The van der Waals surface area contributed by atoms with Crippen molar-refractivity contribution < 1.29 is 4.74 Å². The van der Waals surface area contributed by atoms with E-state index in [2.05, 4.69) is 41.1 Å². The van der Waals surface area contributed by atoms with Crippen molar-refractivity contribution in [3.63, 3.8) is 0 Å². The Morgan fingerprint density at radius 3 is 2.67 bits per heavy atom. The minimum absolute atomic E-state index is 0.146. The third-order valence-electron chi connectivity index (χ3n) is 4.69. The molecule has 2 fully saturated rings. The summed E-state index contributed by atoms with van der Waals surface area (Å²) in [6, 6.07) is 6.28. The van der Waals surface area contributed by atoms with Gasteiger partial charge in [-0.05, 0) is 57.1 Å². The topological polar surface area (TPSA) is 9.23 Å². The molecule has 0 spiro atoms. The van der Waals surface area contributed by atoms with Crippen molar-refractivity contribution in [2.45, 2.75) is 57.5 Å². The first-order chi connectivity index (χ1) is 8.69. The van der Waals surface area contributed by atoms with Gasteiger partial charge in [0.25, 0.3) is 0 Å². The van der Waals surface area contributed by atoms with E-state index in [-0.39, 0.29) is 5.60 Å². The van der Waals surface area contributed by atoms with E-state index in [1.165, 1.54) is 50.5 Å². The van der Waals surface area contributed by atoms with Gasteiger partial charge in [-0.25, -0.2) is 0 Å². The fraction of sp³-hybridized carbons (Fsp3) is 0.625. The molecule has 18 heavy (non-hydrogen) atoms. The first-order valence-electron chi connectivity index (χ1n) is 7.13. The SMILES string of the molecule is Cc1c(Br)cccc1OC12CCCC(CCC1)C2. The van der Waals surface area contributed by atoms with E-state index in [0.717, 1.165) is 16.1 Å². The molecule has 1 aromatic rings. The highest BCUT2D eigenvalue weighted by atomic mass is 79.9. The highest BCUT2D eigenvalue weighted by Gasteiger charge is 2.41. The number of benzene rings is 1. The molecule has 0 radical (unpaired) electrons. The standard InChI is InChI=1S/C16H21BrO/c1-12-14(17)7-2-8-15(12)18-16-9-3-5-13(11-16)6-4-10-16/h2,7-8,13H,3-6,9-11H2,1H3. The Hall–Kier alpha value is -0.500. The van der Waals surface area contributed by atoms with E-state index in [1.807, 2.05) is 0 Å². The molecule has 1 aromatic carbocycles. The van der Waals surface area contributed by atoms with Gasteiger partial charge in [0.15, 0.2) is 0 Å². The smallest absolute Gasteiger partial charge is 0.124 e. The summed E-state index contributed by atoms with van der Waals surface area (Å²) in [5.41, 5.74) is 1.38. The number of rotatable bonds is 2. The summed E-state index contributed by atoms with van der Waals surface area (Å²) >= 11 is 3.60. The summed E-state index contributed by atoms with van der Waals surface area (Å²) in [6.45, 7) is 2.14. The zero-order chi connectivity index (χ0) is 12.6. The molecule has 2 aliphatic carbocycles. The van der Waals surface area contributed by atoms with Crippen molar-refractivity contribution in [2.24, 2.45) is 5.92 Å². The molecule has 0 aliphatic heterocycles. The third-order valence-corrected chi connectivity index (χ3v) is 5.55. The summed E-state index contributed by atoms with van der Waals surface area (Å²) in [4.78, 5) is 0. The Morgan fingerprint density at radius 2 is 1.94 bits per heavy atom. The lowest BCUT2D eigenvalue weighted by Crippen LogP contribution is -2.44. The van der Waals surface area contributed by atoms with Crippen LogP contribution in [0.3, 0.4) is 0 Å². The number of ether oxygens (including phenoxy) is 1. The third kappa shape index (κ3) is 2.32. The zero-order valence-electron chi connectivity index (χ0n) is 11.0. The van der Waals surface area contributed by atoms with Crippen LogP contribution in [0.2, 0.25) is 0 Å². The van der Waals surface area contributed by atoms with Crippen LogP contribution in [0.15, 0.2) is 22.7 Å². The second-order valence-electron chi connectivity index (χ2n) is 6.00. The molecule has 2 heteroatoms. The Balaban J connectivity index is 1.84. The van der Waals surface area contributed by atoms with Crippen LogP contribution < -0.4 is 4.74 Å². The monoisotopic (exact) mass is 308 g/mol. The summed E-state index contributed by atoms with van der Waals surface area (Å²) in [5, 5.41) is 0. The van der Waals surface area contributed by atoms with E-state index >= 15 is 0 Å². The van der Waals surface area contributed by atoms with Crippen LogP contribution >= 0.6 is 15.9 Å². The van der Waals surface area contributed by atoms with E-state index in [9.17, 15) is 0 Å². The van der Waals surface area contributed by atoms with E-state index in [0.29, 0.717) is 0 Å². The van der Waals surface area contributed by atoms with Gasteiger partial charge in [0.1, 0.15) is 11.4 Å². The Labute approximate surface area is 118 Å². The molecule has 0 atom stereocenters. The lowest BCUT2D eigenvalue weighted by Gasteiger charge is -2.45. The molecule has 98 valence electrons. The molecule has 0 N–H and O–H groups in total. The van der Waals surface area contributed by atoms with Crippen LogP contribution in [0.1, 0.15) is 50.5 Å². The first-order valence-corrected chi connectivity index (χ1v) is 7.92. The quantitative estimate of drug-likeness (QED) is 0.725. The molecular formula is C16H21BrO. The van der Waals surface area contributed by atoms with Crippen molar-refractivity contribution in [3.8, 4) is 5.75 Å². The summed E-state index contributed by atoms with van der Waals surface area (Å²) in [5.74, 6) is 1.99. The zero-order valence-corrected chi connectivity index (χ0v) is 12.6. The molecule has 0 unspecified atom stereocenters. The number of hydrogen-bond acceptors (Lipinski definition) is 1. The van der Waals surface area contributed by atoms with Crippen LogP contribution in [-0.2, 0) is 0 Å². The molecule has 0 amide bonds. The molecular weight excluding hydrogens is 288 g/mol. The van der Waals surface area contributed by atoms with Gasteiger partial charge in [0, 0.05) is 10.0 Å². The maximum atomic E-state index is 6.50. The van der Waals surface area contributed by atoms with Crippen molar-refractivity contribution in [1.29, 1.82) is 0 Å². The van der Waals surface area contributed by atoms with Crippen molar-refractivity contribution in [3.05, 3.63) is 28.2 Å². The number of hydrogen-bond donors (Lipinski definition) is 0. The Morgan fingerprint density at radius 1 is 1.22 bits per heavy atom. The summed E-state index contributed by atoms with van der Waals surface area (Å²) in [7, 11) is 0. The highest BCUT2D eigenvalue weighted by Crippen LogP contribution is 2.46. The van der Waals surface area contributed by atoms with Gasteiger partial charge in [0.2, 0.25) is 0 Å². The average molecular weight is 309 g/mol. The van der Waals surface area contributed by atoms with Gasteiger partial charge in [0.05, 0.1) is 0 Å². The van der Waals surface area contributed by atoms with E-state index in [1.54, 1.807) is 0 Å². The van der Waals surface area contributed by atoms with Gasteiger partial charge in [-0.1, -0.05) is 34.8 Å². The molecule has 3 rings (SSSR count). The molecule has 0 saturated heterocycles. The second-order valence-corrected chi connectivity index (χ2v) is 6.86. The fourth-order valence-electron chi connectivity index (χ4n) is 3.70. The normalized spacial score (nSPS) is 31.1. The first kappa shape index (κ1) is 12.5. The van der Waals surface area contributed by atoms with Crippen molar-refractivity contribution in [1.82, 2.24) is 0 Å². The number of fused-ring (bicyclic) bond motifs is 2. The van der Waals surface area contributed by atoms with Crippen LogP contribution in [0, 0.1) is 12.8 Å². The lowest BCUT2D eigenvalue weighted by atomic mass is 9.69. The molecule has 0 aromatic heterocycles. The lowest BCUT2D eigenvalue weighted by molar-refractivity contribution is -0.0251. The summed E-state index contributed by atoms with van der Waals surface area (Å²) < 4.78 is 7.65. The van der Waals surface area contributed by atoms with Crippen molar-refractivity contribution in [2.75, 3.05) is 0 Å². The van der Waals surface area contributed by atoms with Crippen LogP contribution in [0.4, 0.5) is 0 Å². The largest absolute Gasteiger partial charge is 0.487 e. The minimum Gasteiger partial charge on any atom is -0.487 e. The van der Waals surface area contributed by atoms with Gasteiger partial charge >= 0.3 is 0 Å².